The molecule has 0 spiro atoms. The molecule has 0 saturated heterocycles. The van der Waals surface area contributed by atoms with Crippen LogP contribution in [0, 0.1) is 6.92 Å². The largest absolute Gasteiger partial charge is 0.347 e. The molecule has 0 saturated carbocycles. The molecule has 0 aromatic carbocycles. The lowest BCUT2D eigenvalue weighted by molar-refractivity contribution is 0.444. The van der Waals surface area contributed by atoms with Crippen molar-refractivity contribution in [2.75, 3.05) is 0 Å². The highest BCUT2D eigenvalue weighted by Crippen LogP contribution is 2.26. The fraction of sp³-hybridized carbons (Fsp3) is 0.462. The highest BCUT2D eigenvalue weighted by molar-refractivity contribution is 7.10. The molecule has 2 heterocycles. The molecule has 4 heteroatoms. The molecule has 2 aromatic heterocycles. The highest BCUT2D eigenvalue weighted by Gasteiger charge is 2.17. The van der Waals surface area contributed by atoms with Gasteiger partial charge in [-0.05, 0) is 37.3 Å². The van der Waals surface area contributed by atoms with Crippen molar-refractivity contribution < 1.29 is 0 Å². The quantitative estimate of drug-likeness (QED) is 0.850. The van der Waals surface area contributed by atoms with Gasteiger partial charge in [0.15, 0.2) is 0 Å². The van der Waals surface area contributed by atoms with Gasteiger partial charge in [-0.3, -0.25) is 5.32 Å². The van der Waals surface area contributed by atoms with E-state index >= 15 is 0 Å². The first-order valence-electron chi connectivity index (χ1n) is 6.01. The number of imidazole rings is 1. The molecule has 2 rings (SSSR count). The van der Waals surface area contributed by atoms with E-state index < -0.39 is 0 Å². The Bertz CT molecular complexity index is 447. The summed E-state index contributed by atoms with van der Waals surface area (Å²) >= 11 is 1.81. The van der Waals surface area contributed by atoms with E-state index in [4.69, 9.17) is 0 Å². The normalized spacial score (nSPS) is 14.8. The van der Waals surface area contributed by atoms with E-state index in [0.717, 1.165) is 12.2 Å². The van der Waals surface area contributed by atoms with Gasteiger partial charge in [0.25, 0.3) is 0 Å². The van der Waals surface area contributed by atoms with E-state index in [9.17, 15) is 0 Å². The zero-order valence-electron chi connectivity index (χ0n) is 10.5. The topological polar surface area (TPSA) is 40.7 Å². The molecular weight excluding hydrogens is 230 g/mol. The Labute approximate surface area is 106 Å². The first-order chi connectivity index (χ1) is 8.22. The molecule has 2 N–H and O–H groups in total. The van der Waals surface area contributed by atoms with E-state index in [1.54, 1.807) is 6.20 Å². The summed E-state index contributed by atoms with van der Waals surface area (Å²) in [7, 11) is 0. The molecule has 0 amide bonds. The van der Waals surface area contributed by atoms with Crippen LogP contribution in [0.2, 0.25) is 0 Å². The molecular formula is C13H19N3S. The van der Waals surface area contributed by atoms with Crippen LogP contribution < -0.4 is 5.32 Å². The van der Waals surface area contributed by atoms with Gasteiger partial charge in [0.05, 0.1) is 6.04 Å². The minimum Gasteiger partial charge on any atom is -0.347 e. The molecule has 2 atom stereocenters. The van der Waals surface area contributed by atoms with Gasteiger partial charge >= 0.3 is 0 Å². The Morgan fingerprint density at radius 2 is 2.35 bits per heavy atom. The first kappa shape index (κ1) is 12.3. The molecule has 0 aliphatic carbocycles. The van der Waals surface area contributed by atoms with Gasteiger partial charge in [0.2, 0.25) is 0 Å². The Morgan fingerprint density at radius 1 is 1.53 bits per heavy atom. The van der Waals surface area contributed by atoms with Crippen LogP contribution in [0.1, 0.15) is 48.6 Å². The average Bonchev–Trinajstić information content (AvgIpc) is 2.96. The molecule has 2 aromatic rings. The number of nitrogens with one attached hydrogen (secondary N) is 2. The summed E-state index contributed by atoms with van der Waals surface area (Å²) in [6.07, 6.45) is 4.71. The lowest BCUT2D eigenvalue weighted by atomic mass is 10.1. The van der Waals surface area contributed by atoms with Gasteiger partial charge < -0.3 is 4.98 Å². The fourth-order valence-corrected chi connectivity index (χ4v) is 3.01. The minimum absolute atomic E-state index is 0.293. The molecule has 92 valence electrons. The molecule has 0 aliphatic rings. The number of hydrogen-bond acceptors (Lipinski definition) is 3. The first-order valence-corrected chi connectivity index (χ1v) is 6.89. The summed E-state index contributed by atoms with van der Waals surface area (Å²) in [5.74, 6) is 1.02. The predicted molar refractivity (Wildman–Crippen MR) is 72.2 cm³/mol. The van der Waals surface area contributed by atoms with Crippen molar-refractivity contribution >= 4 is 11.3 Å². The molecule has 17 heavy (non-hydrogen) atoms. The van der Waals surface area contributed by atoms with Gasteiger partial charge in [-0.2, -0.15) is 0 Å². The van der Waals surface area contributed by atoms with E-state index in [0.29, 0.717) is 12.1 Å². The monoisotopic (exact) mass is 249 g/mol. The second-order valence-electron chi connectivity index (χ2n) is 4.29. The third kappa shape index (κ3) is 2.76. The number of nitrogens with zero attached hydrogens (tertiary/aromatic N) is 1. The summed E-state index contributed by atoms with van der Waals surface area (Å²) in [6, 6.07) is 2.83. The molecule has 0 fully saturated rings. The van der Waals surface area contributed by atoms with Crippen LogP contribution in [-0.4, -0.2) is 9.97 Å². The van der Waals surface area contributed by atoms with E-state index in [1.165, 1.54) is 10.4 Å². The van der Waals surface area contributed by atoms with E-state index in [-0.39, 0.29) is 0 Å². The summed E-state index contributed by atoms with van der Waals surface area (Å²) in [4.78, 5) is 8.92. The van der Waals surface area contributed by atoms with Crippen LogP contribution in [0.25, 0.3) is 0 Å². The minimum atomic E-state index is 0.293. The van der Waals surface area contributed by atoms with Crippen LogP contribution in [-0.2, 0) is 0 Å². The second kappa shape index (κ2) is 5.47. The van der Waals surface area contributed by atoms with Crippen LogP contribution in [0.15, 0.2) is 23.8 Å². The molecule has 0 radical (unpaired) electrons. The van der Waals surface area contributed by atoms with Crippen LogP contribution in [0.5, 0.6) is 0 Å². The fourth-order valence-electron chi connectivity index (χ4n) is 2.06. The maximum Gasteiger partial charge on any atom is 0.123 e. The zero-order valence-corrected chi connectivity index (χ0v) is 11.3. The summed E-state index contributed by atoms with van der Waals surface area (Å²) in [5, 5.41) is 5.78. The smallest absolute Gasteiger partial charge is 0.123 e. The molecule has 2 unspecified atom stereocenters. The van der Waals surface area contributed by atoms with Crippen molar-refractivity contribution in [1.82, 2.24) is 15.3 Å². The van der Waals surface area contributed by atoms with Gasteiger partial charge in [-0.1, -0.05) is 6.92 Å². The standard InChI is InChI=1S/C13H19N3S/c1-4-11(13-14-6-7-15-13)16-10(3)12-9(2)5-8-17-12/h5-8,10-11,16H,4H2,1-3H3,(H,14,15). The van der Waals surface area contributed by atoms with Crippen molar-refractivity contribution in [2.24, 2.45) is 0 Å². The molecule has 0 aliphatic heterocycles. The Hall–Kier alpha value is -1.13. The SMILES string of the molecule is CCC(NC(C)c1sccc1C)c1ncc[nH]1. The predicted octanol–water partition coefficient (Wildman–Crippen LogP) is 3.58. The maximum absolute atomic E-state index is 4.33. The van der Waals surface area contributed by atoms with E-state index in [2.05, 4.69) is 47.5 Å². The second-order valence-corrected chi connectivity index (χ2v) is 5.24. The average molecular weight is 249 g/mol. The van der Waals surface area contributed by atoms with Crippen molar-refractivity contribution in [2.45, 2.75) is 39.3 Å². The van der Waals surface area contributed by atoms with Gasteiger partial charge in [0.1, 0.15) is 5.82 Å². The van der Waals surface area contributed by atoms with Crippen molar-refractivity contribution in [3.63, 3.8) is 0 Å². The van der Waals surface area contributed by atoms with Crippen LogP contribution in [0.4, 0.5) is 0 Å². The lowest BCUT2D eigenvalue weighted by Gasteiger charge is -2.20. The number of hydrogen-bond donors (Lipinski definition) is 2. The van der Waals surface area contributed by atoms with Crippen molar-refractivity contribution in [3.05, 3.63) is 40.1 Å². The zero-order chi connectivity index (χ0) is 12.3. The number of aromatic amines is 1. The van der Waals surface area contributed by atoms with E-state index in [1.807, 2.05) is 17.5 Å². The van der Waals surface area contributed by atoms with Gasteiger partial charge in [-0.25, -0.2) is 4.98 Å². The molecule has 0 bridgehead atoms. The molecule has 3 nitrogen and oxygen atoms in total. The lowest BCUT2D eigenvalue weighted by Crippen LogP contribution is -2.25. The van der Waals surface area contributed by atoms with Crippen molar-refractivity contribution in [1.29, 1.82) is 0 Å². The number of rotatable bonds is 5. The number of thiophene rings is 1. The van der Waals surface area contributed by atoms with Crippen LogP contribution >= 0.6 is 11.3 Å². The number of aryl methyl sites for hydroxylation is 1. The Morgan fingerprint density at radius 3 is 2.88 bits per heavy atom. The Kier molecular flexibility index (Phi) is 3.97. The maximum atomic E-state index is 4.33. The summed E-state index contributed by atoms with van der Waals surface area (Å²) < 4.78 is 0. The van der Waals surface area contributed by atoms with Crippen LogP contribution in [0.3, 0.4) is 0 Å². The highest BCUT2D eigenvalue weighted by atomic mass is 32.1. The number of H-pyrrole nitrogens is 1. The third-order valence-electron chi connectivity index (χ3n) is 3.00. The van der Waals surface area contributed by atoms with Crippen molar-refractivity contribution in [3.8, 4) is 0 Å². The van der Waals surface area contributed by atoms with Gasteiger partial charge in [0, 0.05) is 23.3 Å². The summed E-state index contributed by atoms with van der Waals surface area (Å²) in [5.41, 5.74) is 1.37. The summed E-state index contributed by atoms with van der Waals surface area (Å²) in [6.45, 7) is 6.55. The number of aromatic nitrogens is 2. The Balaban J connectivity index is 2.07. The third-order valence-corrected chi connectivity index (χ3v) is 4.21. The van der Waals surface area contributed by atoms with Gasteiger partial charge in [-0.15, -0.1) is 11.3 Å².